The molecule has 0 amide bonds. The van der Waals surface area contributed by atoms with Crippen LogP contribution in [-0.4, -0.2) is 32.9 Å². The first-order valence-electron chi connectivity index (χ1n) is 12.4. The summed E-state index contributed by atoms with van der Waals surface area (Å²) in [4.78, 5) is 0. The third kappa shape index (κ3) is 23.6. The highest BCUT2D eigenvalue weighted by molar-refractivity contribution is 4.73. The number of allylic oxidation sites excluding steroid dienone is 1. The van der Waals surface area contributed by atoms with Crippen molar-refractivity contribution in [1.82, 2.24) is 0 Å². The highest BCUT2D eigenvalue weighted by Crippen LogP contribution is 2.11. The molecule has 0 unspecified atom stereocenters. The molecular weight excluding hydrogens is 364 g/mol. The molecule has 4 heteroatoms. The lowest BCUT2D eigenvalue weighted by Crippen LogP contribution is -2.18. The van der Waals surface area contributed by atoms with Gasteiger partial charge >= 0.3 is 0 Å². The topological polar surface area (TPSA) is 36.9 Å². The molecule has 4 nitrogen and oxygen atoms in total. The van der Waals surface area contributed by atoms with E-state index in [2.05, 4.69) is 20.8 Å². The third-order valence-corrected chi connectivity index (χ3v) is 4.91. The first kappa shape index (κ1) is 28.4. The van der Waals surface area contributed by atoms with Crippen LogP contribution >= 0.6 is 0 Å². The zero-order chi connectivity index (χ0) is 21.3. The van der Waals surface area contributed by atoms with Gasteiger partial charge in [-0.3, -0.25) is 0 Å². The smallest absolute Gasteiger partial charge is 0.188 e. The zero-order valence-electron chi connectivity index (χ0n) is 19.8. The Labute approximate surface area is 181 Å². The van der Waals surface area contributed by atoms with Crippen molar-refractivity contribution in [1.29, 1.82) is 0 Å². The van der Waals surface area contributed by atoms with Crippen LogP contribution in [0.15, 0.2) is 12.3 Å². The van der Waals surface area contributed by atoms with E-state index >= 15 is 0 Å². The van der Waals surface area contributed by atoms with Crippen molar-refractivity contribution >= 4 is 0 Å². The van der Waals surface area contributed by atoms with Crippen LogP contribution in [0.1, 0.15) is 117 Å². The van der Waals surface area contributed by atoms with Crippen LogP contribution < -0.4 is 0 Å². The summed E-state index contributed by atoms with van der Waals surface area (Å²) in [5, 5.41) is 0. The van der Waals surface area contributed by atoms with Gasteiger partial charge < -0.3 is 18.9 Å². The van der Waals surface area contributed by atoms with Crippen molar-refractivity contribution in [2.24, 2.45) is 0 Å². The molecule has 0 aromatic rings. The van der Waals surface area contributed by atoms with Gasteiger partial charge in [0.25, 0.3) is 0 Å². The molecule has 0 rings (SSSR count). The van der Waals surface area contributed by atoms with Crippen LogP contribution in [-0.2, 0) is 18.9 Å². The summed E-state index contributed by atoms with van der Waals surface area (Å²) in [6.45, 7) is 9.41. The normalized spacial score (nSPS) is 11.7. The van der Waals surface area contributed by atoms with E-state index in [1.54, 1.807) is 6.26 Å². The van der Waals surface area contributed by atoms with Crippen LogP contribution in [0.2, 0.25) is 0 Å². The molecule has 0 bridgehead atoms. The summed E-state index contributed by atoms with van der Waals surface area (Å²) < 4.78 is 22.8. The van der Waals surface area contributed by atoms with E-state index < -0.39 is 0 Å². The van der Waals surface area contributed by atoms with Crippen molar-refractivity contribution < 1.29 is 18.9 Å². The lowest BCUT2D eigenvalue weighted by molar-refractivity contribution is -0.146. The fourth-order valence-electron chi connectivity index (χ4n) is 3.02. The average molecular weight is 415 g/mol. The van der Waals surface area contributed by atoms with E-state index in [4.69, 9.17) is 18.9 Å². The Morgan fingerprint density at radius 3 is 1.72 bits per heavy atom. The largest absolute Gasteiger partial charge is 0.475 e. The maximum Gasteiger partial charge on any atom is 0.188 e. The maximum absolute atomic E-state index is 6.01. The lowest BCUT2D eigenvalue weighted by Gasteiger charge is -2.18. The van der Waals surface area contributed by atoms with Gasteiger partial charge in [0.15, 0.2) is 13.1 Å². The minimum absolute atomic E-state index is 0.0951. The summed E-state index contributed by atoms with van der Waals surface area (Å²) in [5.74, 6) is 0. The van der Waals surface area contributed by atoms with Gasteiger partial charge in [0, 0.05) is 19.6 Å². The van der Waals surface area contributed by atoms with Crippen molar-refractivity contribution in [3.63, 3.8) is 0 Å². The summed E-state index contributed by atoms with van der Waals surface area (Å²) in [6, 6.07) is 0. The van der Waals surface area contributed by atoms with Crippen LogP contribution in [0, 0.1) is 0 Å². The average Bonchev–Trinajstić information content (AvgIpc) is 2.73. The molecule has 0 aromatic carbocycles. The Balaban J connectivity index is 3.86. The second kappa shape index (κ2) is 25.5. The van der Waals surface area contributed by atoms with E-state index in [1.807, 2.05) is 6.08 Å². The lowest BCUT2D eigenvalue weighted by atomic mass is 10.2. The van der Waals surface area contributed by atoms with Gasteiger partial charge in [0.1, 0.15) is 0 Å². The standard InChI is InChI=1S/C25H50O4/c1-4-7-10-12-16-22-28-25(29-23-17-13-11-8-5-2)19-14-18-21-27-24-26-20-15-9-6-3/h18,21,25H,4-17,19-20,22-24H2,1-3H3. The molecule has 0 aliphatic carbocycles. The molecule has 0 aliphatic heterocycles. The molecule has 0 saturated carbocycles. The summed E-state index contributed by atoms with van der Waals surface area (Å²) in [5.41, 5.74) is 0. The van der Waals surface area contributed by atoms with E-state index in [0.29, 0.717) is 6.79 Å². The molecule has 29 heavy (non-hydrogen) atoms. The summed E-state index contributed by atoms with van der Waals surface area (Å²) in [7, 11) is 0. The molecule has 0 aromatic heterocycles. The van der Waals surface area contributed by atoms with Crippen LogP contribution in [0.5, 0.6) is 0 Å². The summed E-state index contributed by atoms with van der Waals surface area (Å²) >= 11 is 0. The Morgan fingerprint density at radius 2 is 1.14 bits per heavy atom. The van der Waals surface area contributed by atoms with E-state index in [1.165, 1.54) is 64.2 Å². The monoisotopic (exact) mass is 414 g/mol. The minimum atomic E-state index is -0.0951. The molecule has 0 N–H and O–H groups in total. The molecule has 174 valence electrons. The highest BCUT2D eigenvalue weighted by atomic mass is 16.7. The van der Waals surface area contributed by atoms with Crippen LogP contribution in [0.4, 0.5) is 0 Å². The van der Waals surface area contributed by atoms with E-state index in [9.17, 15) is 0 Å². The highest BCUT2D eigenvalue weighted by Gasteiger charge is 2.08. The first-order valence-corrected chi connectivity index (χ1v) is 12.4. The SMILES string of the molecule is CCCCCCCOC(CCC=COCOCCCCC)OCCCCCCC. The first-order chi connectivity index (χ1) is 14.3. The quantitative estimate of drug-likeness (QED) is 0.0918. The number of unbranched alkanes of at least 4 members (excludes halogenated alkanes) is 10. The van der Waals surface area contributed by atoms with Crippen molar-refractivity contribution in [3.05, 3.63) is 12.3 Å². The van der Waals surface area contributed by atoms with Gasteiger partial charge in [0.05, 0.1) is 12.9 Å². The van der Waals surface area contributed by atoms with Gasteiger partial charge in [0.2, 0.25) is 0 Å². The molecule has 0 aliphatic rings. The number of ether oxygens (including phenoxy) is 4. The van der Waals surface area contributed by atoms with E-state index in [-0.39, 0.29) is 6.29 Å². The Morgan fingerprint density at radius 1 is 0.621 bits per heavy atom. The van der Waals surface area contributed by atoms with Crippen molar-refractivity contribution in [2.45, 2.75) is 123 Å². The molecule has 0 radical (unpaired) electrons. The van der Waals surface area contributed by atoms with Gasteiger partial charge in [-0.05, 0) is 31.8 Å². The summed E-state index contributed by atoms with van der Waals surface area (Å²) in [6.07, 6.45) is 21.6. The fraction of sp³-hybridized carbons (Fsp3) is 0.920. The maximum atomic E-state index is 6.01. The second-order valence-electron chi connectivity index (χ2n) is 7.85. The Kier molecular flexibility index (Phi) is 24.9. The van der Waals surface area contributed by atoms with Gasteiger partial charge in [-0.15, -0.1) is 0 Å². The Bertz CT molecular complexity index is 304. The molecule has 0 saturated heterocycles. The molecule has 0 atom stereocenters. The second-order valence-corrected chi connectivity index (χ2v) is 7.85. The van der Waals surface area contributed by atoms with Gasteiger partial charge in [-0.1, -0.05) is 85.0 Å². The van der Waals surface area contributed by atoms with Gasteiger partial charge in [-0.25, -0.2) is 0 Å². The van der Waals surface area contributed by atoms with Gasteiger partial charge in [-0.2, -0.15) is 0 Å². The molecule has 0 fully saturated rings. The zero-order valence-corrected chi connectivity index (χ0v) is 19.8. The molecule has 0 spiro atoms. The molecule has 0 heterocycles. The van der Waals surface area contributed by atoms with Crippen LogP contribution in [0.25, 0.3) is 0 Å². The Hall–Kier alpha value is -0.580. The number of hydrogen-bond acceptors (Lipinski definition) is 4. The molecular formula is C25H50O4. The predicted molar refractivity (Wildman–Crippen MR) is 123 cm³/mol. The van der Waals surface area contributed by atoms with Crippen molar-refractivity contribution in [2.75, 3.05) is 26.6 Å². The van der Waals surface area contributed by atoms with E-state index in [0.717, 1.165) is 51.9 Å². The van der Waals surface area contributed by atoms with Crippen LogP contribution in [0.3, 0.4) is 0 Å². The number of rotatable bonds is 24. The predicted octanol–water partition coefficient (Wildman–Crippen LogP) is 7.76. The fourth-order valence-corrected chi connectivity index (χ4v) is 3.02. The minimum Gasteiger partial charge on any atom is -0.475 e. The van der Waals surface area contributed by atoms with Crippen molar-refractivity contribution in [3.8, 4) is 0 Å². The number of hydrogen-bond donors (Lipinski definition) is 0. The third-order valence-electron chi connectivity index (χ3n) is 4.91.